The minimum absolute atomic E-state index is 0.0315. The van der Waals surface area contributed by atoms with E-state index in [4.69, 9.17) is 0 Å². The molecule has 0 bridgehead atoms. The van der Waals surface area contributed by atoms with Gasteiger partial charge >= 0.3 is 0 Å². The molecule has 0 saturated heterocycles. The van der Waals surface area contributed by atoms with Crippen LogP contribution < -0.4 is 0 Å². The zero-order chi connectivity index (χ0) is 13.9. The van der Waals surface area contributed by atoms with E-state index in [9.17, 15) is 9.90 Å². The third-order valence-electron chi connectivity index (χ3n) is 3.63. The zero-order valence-electron chi connectivity index (χ0n) is 11.9. The molecule has 1 aromatic rings. The van der Waals surface area contributed by atoms with Gasteiger partial charge in [0.15, 0.2) is 5.78 Å². The minimum Gasteiger partial charge on any atom is -0.394 e. The van der Waals surface area contributed by atoms with E-state index in [1.54, 1.807) is 0 Å². The smallest absolute Gasteiger partial charge is 0.176 e. The molecule has 1 rings (SSSR count). The first-order valence-electron chi connectivity index (χ1n) is 6.20. The van der Waals surface area contributed by atoms with E-state index in [1.165, 1.54) is 5.56 Å². The number of carbonyl (C=O) groups excluding carboxylic acids is 1. The Bertz CT molecular complexity index is 438. The number of aliphatic hydroxyl groups is 1. The minimum atomic E-state index is -0.380. The second-order valence-electron chi connectivity index (χ2n) is 5.55. The van der Waals surface area contributed by atoms with Crippen LogP contribution in [0.1, 0.15) is 35.3 Å². The highest BCUT2D eigenvalue weighted by Gasteiger charge is 2.24. The summed E-state index contributed by atoms with van der Waals surface area (Å²) in [5.74, 6) is 0.0853. The summed E-state index contributed by atoms with van der Waals surface area (Å²) in [6.45, 7) is 8.22. The number of hydrogen-bond acceptors (Lipinski definition) is 3. The lowest BCUT2D eigenvalue weighted by molar-refractivity contribution is 0.0659. The quantitative estimate of drug-likeness (QED) is 0.813. The maximum absolute atomic E-state index is 12.2. The van der Waals surface area contributed by atoms with Crippen LogP contribution in [0.15, 0.2) is 18.2 Å². The second-order valence-corrected chi connectivity index (χ2v) is 5.55. The highest BCUT2D eigenvalue weighted by molar-refractivity contribution is 5.97. The molecule has 0 spiro atoms. The van der Waals surface area contributed by atoms with Crippen LogP contribution in [0.4, 0.5) is 0 Å². The van der Waals surface area contributed by atoms with Crippen molar-refractivity contribution in [3.8, 4) is 0 Å². The standard InChI is InChI=1S/C15H23NO2/c1-11-6-7-13(8-12(11)2)14(18)9-16(5)15(3,4)10-17/h6-8,17H,9-10H2,1-5H3. The average molecular weight is 249 g/mol. The summed E-state index contributed by atoms with van der Waals surface area (Å²) in [6.07, 6.45) is 0. The molecule has 0 aliphatic carbocycles. The van der Waals surface area contributed by atoms with E-state index in [0.29, 0.717) is 6.54 Å². The molecule has 1 N–H and O–H groups in total. The van der Waals surface area contributed by atoms with Gasteiger partial charge in [-0.15, -0.1) is 0 Å². The number of likely N-dealkylation sites (N-methyl/N-ethyl adjacent to an activating group) is 1. The summed E-state index contributed by atoms with van der Waals surface area (Å²) < 4.78 is 0. The van der Waals surface area contributed by atoms with Crippen molar-refractivity contribution in [3.05, 3.63) is 34.9 Å². The molecule has 1 aromatic carbocycles. The van der Waals surface area contributed by atoms with E-state index >= 15 is 0 Å². The lowest BCUT2D eigenvalue weighted by Crippen LogP contribution is -2.46. The number of nitrogens with zero attached hydrogens (tertiary/aromatic N) is 1. The molecule has 0 radical (unpaired) electrons. The van der Waals surface area contributed by atoms with Crippen LogP contribution in [0.25, 0.3) is 0 Å². The molecule has 0 aliphatic rings. The van der Waals surface area contributed by atoms with Gasteiger partial charge < -0.3 is 5.11 Å². The van der Waals surface area contributed by atoms with Gasteiger partial charge in [-0.2, -0.15) is 0 Å². The molecule has 0 unspecified atom stereocenters. The van der Waals surface area contributed by atoms with E-state index < -0.39 is 0 Å². The molecule has 0 heterocycles. The number of aliphatic hydroxyl groups excluding tert-OH is 1. The van der Waals surface area contributed by atoms with Gasteiger partial charge in [0.2, 0.25) is 0 Å². The van der Waals surface area contributed by atoms with Crippen molar-refractivity contribution in [3.63, 3.8) is 0 Å². The van der Waals surface area contributed by atoms with Crippen LogP contribution in [0.2, 0.25) is 0 Å². The van der Waals surface area contributed by atoms with Crippen molar-refractivity contribution in [1.82, 2.24) is 4.90 Å². The first kappa shape index (κ1) is 14.9. The molecular formula is C15H23NO2. The summed E-state index contributed by atoms with van der Waals surface area (Å²) in [5, 5.41) is 9.28. The normalized spacial score (nSPS) is 11.9. The highest BCUT2D eigenvalue weighted by Crippen LogP contribution is 2.14. The van der Waals surface area contributed by atoms with Gasteiger partial charge in [0.25, 0.3) is 0 Å². The SMILES string of the molecule is Cc1ccc(C(=O)CN(C)C(C)(C)CO)cc1C. The lowest BCUT2D eigenvalue weighted by Gasteiger charge is -2.33. The van der Waals surface area contributed by atoms with Crippen molar-refractivity contribution in [2.75, 3.05) is 20.2 Å². The molecular weight excluding hydrogens is 226 g/mol. The van der Waals surface area contributed by atoms with Gasteiger partial charge in [0.1, 0.15) is 0 Å². The fraction of sp³-hybridized carbons (Fsp3) is 0.533. The third kappa shape index (κ3) is 3.40. The predicted molar refractivity (Wildman–Crippen MR) is 74.0 cm³/mol. The van der Waals surface area contributed by atoms with E-state index in [-0.39, 0.29) is 17.9 Å². The lowest BCUT2D eigenvalue weighted by atomic mass is 10.0. The molecule has 100 valence electrons. The zero-order valence-corrected chi connectivity index (χ0v) is 11.9. The summed E-state index contributed by atoms with van der Waals surface area (Å²) in [7, 11) is 1.86. The molecule has 3 heteroatoms. The van der Waals surface area contributed by atoms with Gasteiger partial charge in [-0.05, 0) is 51.9 Å². The Morgan fingerprint density at radius 2 is 1.89 bits per heavy atom. The van der Waals surface area contributed by atoms with Crippen LogP contribution in [0.3, 0.4) is 0 Å². The number of Topliss-reactive ketones (excluding diaryl/α,β-unsaturated/α-hetero) is 1. The Labute approximate surface area is 109 Å². The first-order valence-corrected chi connectivity index (χ1v) is 6.20. The maximum Gasteiger partial charge on any atom is 0.176 e. The predicted octanol–water partition coefficient (Wildman–Crippen LogP) is 2.19. The Morgan fingerprint density at radius 3 is 2.39 bits per heavy atom. The van der Waals surface area contributed by atoms with Gasteiger partial charge in [-0.25, -0.2) is 0 Å². The Balaban J connectivity index is 2.80. The Kier molecular flexibility index (Phi) is 4.65. The van der Waals surface area contributed by atoms with E-state index in [0.717, 1.165) is 11.1 Å². The molecule has 0 atom stereocenters. The van der Waals surface area contributed by atoms with Crippen molar-refractivity contribution >= 4 is 5.78 Å². The summed E-state index contributed by atoms with van der Waals surface area (Å²) in [5.41, 5.74) is 2.68. The topological polar surface area (TPSA) is 40.5 Å². The van der Waals surface area contributed by atoms with Gasteiger partial charge in [0, 0.05) is 11.1 Å². The van der Waals surface area contributed by atoms with Gasteiger partial charge in [0.05, 0.1) is 13.2 Å². The monoisotopic (exact) mass is 249 g/mol. The summed E-state index contributed by atoms with van der Waals surface area (Å²) in [6, 6.07) is 5.77. The third-order valence-corrected chi connectivity index (χ3v) is 3.63. The Hall–Kier alpha value is -1.19. The number of hydrogen-bond donors (Lipinski definition) is 1. The highest BCUT2D eigenvalue weighted by atomic mass is 16.3. The number of benzene rings is 1. The number of rotatable bonds is 5. The number of ketones is 1. The maximum atomic E-state index is 12.2. The van der Waals surface area contributed by atoms with Crippen LogP contribution in [0.5, 0.6) is 0 Å². The molecule has 18 heavy (non-hydrogen) atoms. The van der Waals surface area contributed by atoms with Crippen LogP contribution in [0, 0.1) is 13.8 Å². The number of aryl methyl sites for hydroxylation is 2. The average Bonchev–Trinajstić information content (AvgIpc) is 2.32. The molecule has 0 aliphatic heterocycles. The van der Waals surface area contributed by atoms with Crippen LogP contribution in [-0.4, -0.2) is 41.5 Å². The second kappa shape index (κ2) is 5.63. The Morgan fingerprint density at radius 1 is 1.28 bits per heavy atom. The van der Waals surface area contributed by atoms with E-state index in [1.807, 2.05) is 57.8 Å². The van der Waals surface area contributed by atoms with Gasteiger partial charge in [-0.3, -0.25) is 9.69 Å². The summed E-state index contributed by atoms with van der Waals surface area (Å²) >= 11 is 0. The molecule has 0 fully saturated rings. The van der Waals surface area contributed by atoms with Crippen molar-refractivity contribution in [1.29, 1.82) is 0 Å². The fourth-order valence-corrected chi connectivity index (χ4v) is 1.56. The van der Waals surface area contributed by atoms with Crippen molar-refractivity contribution in [2.24, 2.45) is 0 Å². The largest absolute Gasteiger partial charge is 0.394 e. The molecule has 0 saturated carbocycles. The van der Waals surface area contributed by atoms with Crippen molar-refractivity contribution < 1.29 is 9.90 Å². The van der Waals surface area contributed by atoms with Gasteiger partial charge in [-0.1, -0.05) is 12.1 Å². The molecule has 3 nitrogen and oxygen atoms in total. The van der Waals surface area contributed by atoms with Crippen molar-refractivity contribution in [2.45, 2.75) is 33.2 Å². The first-order chi connectivity index (χ1) is 8.27. The van der Waals surface area contributed by atoms with Crippen LogP contribution in [-0.2, 0) is 0 Å². The molecule has 0 amide bonds. The van der Waals surface area contributed by atoms with E-state index in [2.05, 4.69) is 0 Å². The number of carbonyl (C=O) groups is 1. The summed E-state index contributed by atoms with van der Waals surface area (Å²) in [4.78, 5) is 14.0. The van der Waals surface area contributed by atoms with Crippen LogP contribution >= 0.6 is 0 Å². The fourth-order valence-electron chi connectivity index (χ4n) is 1.56. The molecule has 0 aromatic heterocycles.